The maximum atomic E-state index is 13.2. The van der Waals surface area contributed by atoms with E-state index < -0.39 is 0 Å². The highest BCUT2D eigenvalue weighted by Gasteiger charge is 2.28. The maximum Gasteiger partial charge on any atom is 0.272 e. The first-order chi connectivity index (χ1) is 12.6. The fourth-order valence-electron chi connectivity index (χ4n) is 3.29. The van der Waals surface area contributed by atoms with Crippen molar-refractivity contribution in [1.82, 2.24) is 20.1 Å². The number of carbonyl (C=O) groups is 1. The van der Waals surface area contributed by atoms with Gasteiger partial charge in [0.05, 0.1) is 11.7 Å². The lowest BCUT2D eigenvalue weighted by Gasteiger charge is -2.33. The van der Waals surface area contributed by atoms with Crippen molar-refractivity contribution in [3.05, 3.63) is 72.2 Å². The lowest BCUT2D eigenvalue weighted by molar-refractivity contribution is 0.0630. The van der Waals surface area contributed by atoms with Gasteiger partial charge in [0.1, 0.15) is 5.69 Å². The summed E-state index contributed by atoms with van der Waals surface area (Å²) < 4.78 is 0. The first-order valence-electron chi connectivity index (χ1n) is 8.93. The molecule has 0 aliphatic rings. The van der Waals surface area contributed by atoms with Gasteiger partial charge in [-0.1, -0.05) is 50.2 Å². The molecule has 5 heteroatoms. The number of nitrogens with one attached hydrogen (secondary N) is 1. The maximum absolute atomic E-state index is 13.2. The summed E-state index contributed by atoms with van der Waals surface area (Å²) in [4.78, 5) is 19.3. The number of amides is 1. The van der Waals surface area contributed by atoms with Crippen LogP contribution >= 0.6 is 0 Å². The number of H-pyrrole nitrogens is 1. The van der Waals surface area contributed by atoms with Crippen LogP contribution in [0.2, 0.25) is 0 Å². The van der Waals surface area contributed by atoms with Gasteiger partial charge in [0.2, 0.25) is 0 Å². The molecular weight excluding hydrogens is 324 g/mol. The van der Waals surface area contributed by atoms with Crippen LogP contribution in [-0.2, 0) is 0 Å². The summed E-state index contributed by atoms with van der Waals surface area (Å²) in [5, 5.41) is 7.22. The molecule has 26 heavy (non-hydrogen) atoms. The molecule has 0 saturated carbocycles. The van der Waals surface area contributed by atoms with Gasteiger partial charge < -0.3 is 4.90 Å². The highest BCUT2D eigenvalue weighted by molar-refractivity contribution is 5.93. The van der Waals surface area contributed by atoms with E-state index in [2.05, 4.69) is 29.0 Å². The molecule has 1 aromatic carbocycles. The minimum Gasteiger partial charge on any atom is -0.330 e. The average molecular weight is 348 g/mol. The molecule has 3 aromatic rings. The van der Waals surface area contributed by atoms with Gasteiger partial charge in [-0.2, -0.15) is 5.10 Å². The summed E-state index contributed by atoms with van der Waals surface area (Å²) in [5.74, 6) is 0.212. The van der Waals surface area contributed by atoms with Crippen LogP contribution in [0.5, 0.6) is 0 Å². The van der Waals surface area contributed by atoms with Crippen LogP contribution < -0.4 is 0 Å². The number of benzene rings is 1. The topological polar surface area (TPSA) is 61.9 Å². The molecule has 0 fully saturated rings. The summed E-state index contributed by atoms with van der Waals surface area (Å²) in [7, 11) is 0. The van der Waals surface area contributed by atoms with Crippen LogP contribution in [0.1, 0.15) is 42.9 Å². The van der Waals surface area contributed by atoms with E-state index in [9.17, 15) is 4.79 Å². The Kier molecular flexibility index (Phi) is 5.46. The van der Waals surface area contributed by atoms with Crippen molar-refractivity contribution in [1.29, 1.82) is 0 Å². The Morgan fingerprint density at radius 1 is 1.15 bits per heavy atom. The number of rotatable bonds is 6. The standard InChI is InChI=1S/C21H24N4O/c1-4-25(20(15(2)3)17-11-8-12-22-14-17)21(26)19-13-18(23-24-19)16-9-6-5-7-10-16/h5-15,20H,4H2,1-3H3,(H,23,24). The average Bonchev–Trinajstić information content (AvgIpc) is 3.17. The van der Waals surface area contributed by atoms with E-state index in [1.807, 2.05) is 66.6 Å². The van der Waals surface area contributed by atoms with Gasteiger partial charge in [-0.15, -0.1) is 0 Å². The molecule has 0 aliphatic carbocycles. The molecule has 2 heterocycles. The SMILES string of the molecule is CCN(C(=O)c1cc(-c2ccccc2)n[nH]1)C(c1cccnc1)C(C)C. The molecule has 0 radical (unpaired) electrons. The summed E-state index contributed by atoms with van der Waals surface area (Å²) in [6.07, 6.45) is 3.59. The Labute approximate surface area is 154 Å². The van der Waals surface area contributed by atoms with Crippen LogP contribution in [0, 0.1) is 5.92 Å². The lowest BCUT2D eigenvalue weighted by atomic mass is 9.95. The number of carbonyl (C=O) groups excluding carboxylic acids is 1. The van der Waals surface area contributed by atoms with Crippen LogP contribution in [0.25, 0.3) is 11.3 Å². The summed E-state index contributed by atoms with van der Waals surface area (Å²) in [5.41, 5.74) is 3.30. The third kappa shape index (κ3) is 3.67. The second-order valence-electron chi connectivity index (χ2n) is 6.60. The molecule has 1 N–H and O–H groups in total. The van der Waals surface area contributed by atoms with E-state index in [-0.39, 0.29) is 17.9 Å². The van der Waals surface area contributed by atoms with Gasteiger partial charge >= 0.3 is 0 Å². The van der Waals surface area contributed by atoms with E-state index in [4.69, 9.17) is 0 Å². The van der Waals surface area contributed by atoms with Gasteiger partial charge in [-0.3, -0.25) is 14.9 Å². The fourth-order valence-corrected chi connectivity index (χ4v) is 3.29. The van der Waals surface area contributed by atoms with Crippen molar-refractivity contribution in [2.45, 2.75) is 26.8 Å². The highest BCUT2D eigenvalue weighted by atomic mass is 16.2. The number of nitrogens with zero attached hydrogens (tertiary/aromatic N) is 3. The zero-order chi connectivity index (χ0) is 18.5. The molecule has 1 unspecified atom stereocenters. The zero-order valence-corrected chi connectivity index (χ0v) is 15.4. The van der Waals surface area contributed by atoms with Crippen LogP contribution in [0.15, 0.2) is 60.9 Å². The van der Waals surface area contributed by atoms with Crippen LogP contribution in [-0.4, -0.2) is 32.5 Å². The van der Waals surface area contributed by atoms with E-state index in [1.54, 1.807) is 6.20 Å². The van der Waals surface area contributed by atoms with E-state index in [0.29, 0.717) is 12.2 Å². The Morgan fingerprint density at radius 3 is 2.54 bits per heavy atom. The molecule has 0 bridgehead atoms. The molecule has 5 nitrogen and oxygen atoms in total. The fraction of sp³-hybridized carbons (Fsp3) is 0.286. The number of aromatic nitrogens is 3. The van der Waals surface area contributed by atoms with Crippen molar-refractivity contribution in [2.24, 2.45) is 5.92 Å². The predicted molar refractivity (Wildman–Crippen MR) is 103 cm³/mol. The first-order valence-corrected chi connectivity index (χ1v) is 8.93. The minimum absolute atomic E-state index is 0.0373. The molecule has 134 valence electrons. The lowest BCUT2D eigenvalue weighted by Crippen LogP contribution is -2.37. The number of pyridine rings is 1. The molecule has 0 saturated heterocycles. The number of hydrogen-bond acceptors (Lipinski definition) is 3. The predicted octanol–water partition coefficient (Wildman–Crippen LogP) is 4.33. The van der Waals surface area contributed by atoms with Gasteiger partial charge in [0.15, 0.2) is 0 Å². The number of hydrogen-bond donors (Lipinski definition) is 1. The molecule has 1 amide bonds. The quantitative estimate of drug-likeness (QED) is 0.721. The third-order valence-electron chi connectivity index (χ3n) is 4.47. The van der Waals surface area contributed by atoms with Crippen molar-refractivity contribution >= 4 is 5.91 Å². The summed E-state index contributed by atoms with van der Waals surface area (Å²) in [6.45, 7) is 6.85. The Bertz CT molecular complexity index is 843. The van der Waals surface area contributed by atoms with E-state index >= 15 is 0 Å². The smallest absolute Gasteiger partial charge is 0.272 e. The van der Waals surface area contributed by atoms with Crippen molar-refractivity contribution in [2.75, 3.05) is 6.54 Å². The Morgan fingerprint density at radius 2 is 1.92 bits per heavy atom. The van der Waals surface area contributed by atoms with Gasteiger partial charge in [-0.25, -0.2) is 0 Å². The highest BCUT2D eigenvalue weighted by Crippen LogP contribution is 2.29. The molecular formula is C21H24N4O. The van der Waals surface area contributed by atoms with Gasteiger partial charge in [0, 0.05) is 24.5 Å². The third-order valence-corrected chi connectivity index (χ3v) is 4.47. The first kappa shape index (κ1) is 17.9. The minimum atomic E-state index is -0.0512. The number of aromatic amines is 1. The molecule has 2 aromatic heterocycles. The molecule has 0 spiro atoms. The van der Waals surface area contributed by atoms with Crippen molar-refractivity contribution in [3.8, 4) is 11.3 Å². The van der Waals surface area contributed by atoms with Gasteiger partial charge in [-0.05, 0) is 30.5 Å². The van der Waals surface area contributed by atoms with Gasteiger partial charge in [0.25, 0.3) is 5.91 Å². The van der Waals surface area contributed by atoms with Crippen molar-refractivity contribution < 1.29 is 4.79 Å². The van der Waals surface area contributed by atoms with Crippen molar-refractivity contribution in [3.63, 3.8) is 0 Å². The Balaban J connectivity index is 1.90. The Hall–Kier alpha value is -2.95. The zero-order valence-electron chi connectivity index (χ0n) is 15.4. The summed E-state index contributed by atoms with van der Waals surface area (Å²) >= 11 is 0. The monoisotopic (exact) mass is 348 g/mol. The molecule has 0 aliphatic heterocycles. The molecule has 1 atom stereocenters. The molecule has 3 rings (SSSR count). The van der Waals surface area contributed by atoms with E-state index in [1.165, 1.54) is 0 Å². The van der Waals surface area contributed by atoms with Crippen LogP contribution in [0.3, 0.4) is 0 Å². The second-order valence-corrected chi connectivity index (χ2v) is 6.60. The van der Waals surface area contributed by atoms with Crippen LogP contribution in [0.4, 0.5) is 0 Å². The largest absolute Gasteiger partial charge is 0.330 e. The normalized spacial score (nSPS) is 12.2. The van der Waals surface area contributed by atoms with E-state index in [0.717, 1.165) is 16.8 Å². The second kappa shape index (κ2) is 7.95. The summed E-state index contributed by atoms with van der Waals surface area (Å²) in [6, 6.07) is 15.6.